The van der Waals surface area contributed by atoms with Crippen molar-refractivity contribution in [3.63, 3.8) is 0 Å². The van der Waals surface area contributed by atoms with E-state index in [9.17, 15) is 9.59 Å². The molecule has 0 aliphatic heterocycles. The fourth-order valence-corrected chi connectivity index (χ4v) is 1.90. The first kappa shape index (κ1) is 12.8. The topological polar surface area (TPSA) is 85.1 Å². The zero-order chi connectivity index (χ0) is 12.1. The quantitative estimate of drug-likeness (QED) is 0.639. The molecule has 16 heavy (non-hydrogen) atoms. The summed E-state index contributed by atoms with van der Waals surface area (Å²) in [5, 5.41) is 3.18. The van der Waals surface area contributed by atoms with Crippen LogP contribution >= 0.6 is 23.4 Å². The number of Topliss-reactive ketones (excluding diaryl/α,β-unsaturated/α-hetero) is 1. The summed E-state index contributed by atoms with van der Waals surface area (Å²) >= 11 is 6.91. The Morgan fingerprint density at radius 3 is 2.81 bits per heavy atom. The van der Waals surface area contributed by atoms with Crippen LogP contribution in [0.5, 0.6) is 0 Å². The van der Waals surface area contributed by atoms with Gasteiger partial charge in [-0.15, -0.1) is 0 Å². The number of pyridine rings is 1. The first-order chi connectivity index (χ1) is 7.49. The molecule has 0 saturated carbocycles. The molecule has 0 saturated heterocycles. The van der Waals surface area contributed by atoms with E-state index in [4.69, 9.17) is 17.3 Å². The van der Waals surface area contributed by atoms with Crippen molar-refractivity contribution >= 4 is 40.9 Å². The normalized spacial score (nSPS) is 9.88. The molecular weight excluding hydrogens is 250 g/mol. The van der Waals surface area contributed by atoms with E-state index in [0.29, 0.717) is 15.9 Å². The Kier molecular flexibility index (Phi) is 4.57. The highest BCUT2D eigenvalue weighted by molar-refractivity contribution is 8.00. The molecule has 0 aliphatic rings. The van der Waals surface area contributed by atoms with Crippen molar-refractivity contribution in [2.75, 3.05) is 11.1 Å². The number of hydrogen-bond donors (Lipinski definition) is 2. The number of carbonyl (C=O) groups excluding carboxylic acids is 2. The van der Waals surface area contributed by atoms with Gasteiger partial charge in [0.25, 0.3) is 0 Å². The predicted molar refractivity (Wildman–Crippen MR) is 63.9 cm³/mol. The minimum Gasteiger partial charge on any atom is -0.351 e. The Morgan fingerprint density at radius 1 is 1.56 bits per heavy atom. The third-order valence-electron chi connectivity index (χ3n) is 1.50. The van der Waals surface area contributed by atoms with Crippen molar-refractivity contribution < 1.29 is 9.59 Å². The lowest BCUT2D eigenvalue weighted by molar-refractivity contribution is -0.114. The number of rotatable bonds is 4. The Hall–Kier alpha value is -1.27. The number of thioether (sulfide) groups is 1. The summed E-state index contributed by atoms with van der Waals surface area (Å²) in [7, 11) is 0. The van der Waals surface area contributed by atoms with Gasteiger partial charge in [-0.1, -0.05) is 23.4 Å². The maximum absolute atomic E-state index is 10.8. The standard InChI is InChI=1S/C9H10ClN3O2S/c1-5(14)4-16-8-6(12-9(11)15)2-3-7(10)13-8/h2-3H,4H2,1H3,(H3,11,12,15). The van der Waals surface area contributed by atoms with Crippen LogP contribution < -0.4 is 11.1 Å². The van der Waals surface area contributed by atoms with Gasteiger partial charge in [-0.25, -0.2) is 9.78 Å². The number of nitrogens with zero attached hydrogens (tertiary/aromatic N) is 1. The maximum atomic E-state index is 10.8. The fourth-order valence-electron chi connectivity index (χ4n) is 0.926. The van der Waals surface area contributed by atoms with Crippen molar-refractivity contribution in [1.82, 2.24) is 4.98 Å². The van der Waals surface area contributed by atoms with Crippen LogP contribution in [0.1, 0.15) is 6.92 Å². The summed E-state index contributed by atoms with van der Waals surface area (Å²) in [5.74, 6) is 0.276. The fraction of sp³-hybridized carbons (Fsp3) is 0.222. The number of aromatic nitrogens is 1. The monoisotopic (exact) mass is 259 g/mol. The van der Waals surface area contributed by atoms with Gasteiger partial charge >= 0.3 is 6.03 Å². The number of hydrogen-bond acceptors (Lipinski definition) is 4. The average Bonchev–Trinajstić information content (AvgIpc) is 2.17. The molecule has 0 aliphatic carbocycles. The molecule has 1 aromatic heterocycles. The van der Waals surface area contributed by atoms with Gasteiger partial charge in [-0.3, -0.25) is 4.79 Å². The minimum absolute atomic E-state index is 0.0109. The van der Waals surface area contributed by atoms with Gasteiger partial charge in [-0.05, 0) is 19.1 Å². The molecule has 86 valence electrons. The zero-order valence-electron chi connectivity index (χ0n) is 8.49. The molecule has 7 heteroatoms. The van der Waals surface area contributed by atoms with Crippen molar-refractivity contribution in [1.29, 1.82) is 0 Å². The van der Waals surface area contributed by atoms with E-state index in [-0.39, 0.29) is 11.5 Å². The number of carbonyl (C=O) groups is 2. The summed E-state index contributed by atoms with van der Waals surface area (Å²) in [6.07, 6.45) is 0. The molecule has 0 aromatic carbocycles. The zero-order valence-corrected chi connectivity index (χ0v) is 10.1. The summed E-state index contributed by atoms with van der Waals surface area (Å²) in [5.41, 5.74) is 5.45. The van der Waals surface area contributed by atoms with Crippen LogP contribution in [-0.4, -0.2) is 22.6 Å². The van der Waals surface area contributed by atoms with Crippen LogP contribution in [0.2, 0.25) is 5.15 Å². The van der Waals surface area contributed by atoms with Crippen LogP contribution in [0.3, 0.4) is 0 Å². The minimum atomic E-state index is -0.686. The van der Waals surface area contributed by atoms with Crippen LogP contribution in [0.25, 0.3) is 0 Å². The Labute approximate surface area is 102 Å². The van der Waals surface area contributed by atoms with Gasteiger partial charge in [0.05, 0.1) is 11.4 Å². The molecule has 0 spiro atoms. The second-order valence-electron chi connectivity index (χ2n) is 2.97. The van der Waals surface area contributed by atoms with Crippen LogP contribution in [0.4, 0.5) is 10.5 Å². The van der Waals surface area contributed by atoms with Gasteiger partial charge in [0.2, 0.25) is 0 Å². The maximum Gasteiger partial charge on any atom is 0.316 e. The molecule has 0 atom stereocenters. The SMILES string of the molecule is CC(=O)CSc1nc(Cl)ccc1NC(N)=O. The first-order valence-corrected chi connectivity index (χ1v) is 5.70. The van der Waals surface area contributed by atoms with E-state index < -0.39 is 6.03 Å². The van der Waals surface area contributed by atoms with Crippen LogP contribution in [0, 0.1) is 0 Å². The molecule has 1 heterocycles. The van der Waals surface area contributed by atoms with Crippen molar-refractivity contribution in [3.05, 3.63) is 17.3 Å². The van der Waals surface area contributed by atoms with Crippen molar-refractivity contribution in [2.24, 2.45) is 5.73 Å². The number of urea groups is 1. The lowest BCUT2D eigenvalue weighted by Crippen LogP contribution is -2.20. The highest BCUT2D eigenvalue weighted by Crippen LogP contribution is 2.26. The van der Waals surface area contributed by atoms with Gasteiger partial charge in [0.1, 0.15) is 16.0 Å². The molecule has 3 N–H and O–H groups in total. The summed E-state index contributed by atoms with van der Waals surface area (Å²) in [6, 6.07) is 2.43. The molecule has 0 bridgehead atoms. The molecule has 0 unspecified atom stereocenters. The van der Waals surface area contributed by atoms with Crippen molar-refractivity contribution in [3.8, 4) is 0 Å². The first-order valence-electron chi connectivity index (χ1n) is 4.34. The third kappa shape index (κ3) is 4.08. The largest absolute Gasteiger partial charge is 0.351 e. The average molecular weight is 260 g/mol. The van der Waals surface area contributed by atoms with Gasteiger partial charge in [0.15, 0.2) is 0 Å². The lowest BCUT2D eigenvalue weighted by Gasteiger charge is -2.07. The third-order valence-corrected chi connectivity index (χ3v) is 2.84. The summed E-state index contributed by atoms with van der Waals surface area (Å²) in [4.78, 5) is 25.6. The highest BCUT2D eigenvalue weighted by atomic mass is 35.5. The van der Waals surface area contributed by atoms with Crippen LogP contribution in [-0.2, 0) is 4.79 Å². The van der Waals surface area contributed by atoms with E-state index in [1.165, 1.54) is 24.8 Å². The number of amides is 2. The predicted octanol–water partition coefficient (Wildman–Crippen LogP) is 1.91. The molecule has 5 nitrogen and oxygen atoms in total. The smallest absolute Gasteiger partial charge is 0.316 e. The number of ketones is 1. The van der Waals surface area contributed by atoms with Gasteiger partial charge in [0, 0.05) is 0 Å². The molecule has 0 fully saturated rings. The number of halogens is 1. The summed E-state index contributed by atoms with van der Waals surface area (Å²) in [6.45, 7) is 1.47. The van der Waals surface area contributed by atoms with Gasteiger partial charge < -0.3 is 11.1 Å². The Morgan fingerprint density at radius 2 is 2.25 bits per heavy atom. The second-order valence-corrected chi connectivity index (χ2v) is 4.32. The van der Waals surface area contributed by atoms with E-state index in [2.05, 4.69) is 10.3 Å². The van der Waals surface area contributed by atoms with Crippen LogP contribution in [0.15, 0.2) is 17.2 Å². The molecule has 0 radical (unpaired) electrons. The second kappa shape index (κ2) is 5.72. The molecular formula is C9H10ClN3O2S. The van der Waals surface area contributed by atoms with E-state index in [0.717, 1.165) is 0 Å². The van der Waals surface area contributed by atoms with Crippen molar-refractivity contribution in [2.45, 2.75) is 11.9 Å². The Bertz CT molecular complexity index is 425. The Balaban J connectivity index is 2.89. The van der Waals surface area contributed by atoms with Gasteiger partial charge in [-0.2, -0.15) is 0 Å². The van der Waals surface area contributed by atoms with E-state index >= 15 is 0 Å². The number of primary amides is 1. The highest BCUT2D eigenvalue weighted by Gasteiger charge is 2.08. The molecule has 1 aromatic rings. The van der Waals surface area contributed by atoms with E-state index in [1.54, 1.807) is 6.07 Å². The number of nitrogens with one attached hydrogen (secondary N) is 1. The number of anilines is 1. The lowest BCUT2D eigenvalue weighted by atomic mass is 10.4. The number of nitrogens with two attached hydrogens (primary N) is 1. The summed E-state index contributed by atoms with van der Waals surface area (Å²) < 4.78 is 0. The molecule has 1 rings (SSSR count). The molecule has 2 amide bonds. The van der Waals surface area contributed by atoms with E-state index in [1.807, 2.05) is 0 Å².